The summed E-state index contributed by atoms with van der Waals surface area (Å²) >= 11 is 0. The number of halogens is 3. The third-order valence-electron chi connectivity index (χ3n) is 4.97. The maximum atomic E-state index is 13.7. The van der Waals surface area contributed by atoms with Crippen LogP contribution in [0.4, 0.5) is 13.2 Å². The summed E-state index contributed by atoms with van der Waals surface area (Å²) in [5.41, 5.74) is 2.28. The Hall–Kier alpha value is -3.92. The second-order valence-electron chi connectivity index (χ2n) is 7.32. The Morgan fingerprint density at radius 2 is 1.78 bits per heavy atom. The van der Waals surface area contributed by atoms with E-state index in [1.807, 2.05) is 0 Å². The van der Waals surface area contributed by atoms with Crippen molar-refractivity contribution in [1.29, 1.82) is 0 Å². The molecule has 0 unspecified atom stereocenters. The molecule has 5 rings (SSSR count). The Kier molecular flexibility index (Phi) is 4.98. The lowest BCUT2D eigenvalue weighted by Crippen LogP contribution is -2.05. The zero-order valence-electron chi connectivity index (χ0n) is 16.6. The Morgan fingerprint density at radius 1 is 0.969 bits per heavy atom. The molecule has 0 atom stereocenters. The highest BCUT2D eigenvalue weighted by atomic mass is 19.1. The molecule has 0 bridgehead atoms. The molecule has 162 valence electrons. The summed E-state index contributed by atoms with van der Waals surface area (Å²) < 4.78 is 44.2. The SMILES string of the molecule is OCCn1cc(-c2nc(-c3cc4cc(F)ccc4[nH]3)n(Cc3cc(F)cc(F)c3)n2)cn1. The van der Waals surface area contributed by atoms with Crippen LogP contribution >= 0.6 is 0 Å². The van der Waals surface area contributed by atoms with Gasteiger partial charge in [0.25, 0.3) is 0 Å². The maximum absolute atomic E-state index is 13.7. The number of hydrogen-bond donors (Lipinski definition) is 2. The molecule has 0 aliphatic heterocycles. The van der Waals surface area contributed by atoms with Crippen LogP contribution in [0.1, 0.15) is 5.56 Å². The predicted octanol–water partition coefficient (Wildman–Crippen LogP) is 3.75. The number of aliphatic hydroxyl groups is 1. The minimum absolute atomic E-state index is 0.0610. The minimum atomic E-state index is -0.687. The van der Waals surface area contributed by atoms with E-state index in [-0.39, 0.29) is 19.0 Å². The second-order valence-corrected chi connectivity index (χ2v) is 7.32. The van der Waals surface area contributed by atoms with Gasteiger partial charge in [-0.2, -0.15) is 5.10 Å². The highest BCUT2D eigenvalue weighted by molar-refractivity contribution is 5.85. The number of nitrogens with zero attached hydrogens (tertiary/aromatic N) is 5. The molecule has 0 radical (unpaired) electrons. The van der Waals surface area contributed by atoms with Gasteiger partial charge in [-0.3, -0.25) is 4.68 Å². The molecular formula is C22H17F3N6O. The summed E-state index contributed by atoms with van der Waals surface area (Å²) in [4.78, 5) is 7.79. The van der Waals surface area contributed by atoms with Crippen LogP contribution < -0.4 is 0 Å². The van der Waals surface area contributed by atoms with Crippen LogP contribution in [-0.2, 0) is 13.1 Å². The first-order valence-corrected chi connectivity index (χ1v) is 9.80. The monoisotopic (exact) mass is 438 g/mol. The third-order valence-corrected chi connectivity index (χ3v) is 4.97. The average molecular weight is 438 g/mol. The van der Waals surface area contributed by atoms with Gasteiger partial charge in [0.05, 0.1) is 37.2 Å². The number of hydrogen-bond acceptors (Lipinski definition) is 4. The van der Waals surface area contributed by atoms with Crippen LogP contribution in [0.5, 0.6) is 0 Å². The van der Waals surface area contributed by atoms with E-state index in [0.717, 1.165) is 6.07 Å². The van der Waals surface area contributed by atoms with E-state index in [0.29, 0.717) is 45.9 Å². The smallest absolute Gasteiger partial charge is 0.184 e. The van der Waals surface area contributed by atoms with Crippen molar-refractivity contribution in [2.45, 2.75) is 13.1 Å². The molecule has 0 aliphatic carbocycles. The molecule has 5 aromatic rings. The number of aromatic nitrogens is 6. The highest BCUT2D eigenvalue weighted by Gasteiger charge is 2.18. The lowest BCUT2D eigenvalue weighted by atomic mass is 10.2. The van der Waals surface area contributed by atoms with Gasteiger partial charge < -0.3 is 10.1 Å². The number of aromatic amines is 1. The van der Waals surface area contributed by atoms with Crippen molar-refractivity contribution in [1.82, 2.24) is 29.5 Å². The summed E-state index contributed by atoms with van der Waals surface area (Å²) in [5.74, 6) is -0.972. The van der Waals surface area contributed by atoms with E-state index in [1.165, 1.54) is 28.9 Å². The molecule has 0 amide bonds. The molecule has 32 heavy (non-hydrogen) atoms. The first-order valence-electron chi connectivity index (χ1n) is 9.80. The summed E-state index contributed by atoms with van der Waals surface area (Å²) in [6.07, 6.45) is 3.27. The van der Waals surface area contributed by atoms with Gasteiger partial charge in [-0.1, -0.05) is 0 Å². The average Bonchev–Trinajstić information content (AvgIpc) is 3.45. The Bertz CT molecular complexity index is 1400. The molecule has 10 heteroatoms. The first kappa shape index (κ1) is 20.0. The zero-order valence-corrected chi connectivity index (χ0v) is 16.6. The van der Waals surface area contributed by atoms with Crippen LogP contribution in [0, 0.1) is 17.5 Å². The van der Waals surface area contributed by atoms with Gasteiger partial charge >= 0.3 is 0 Å². The summed E-state index contributed by atoms with van der Waals surface area (Å²) in [7, 11) is 0. The largest absolute Gasteiger partial charge is 0.394 e. The minimum Gasteiger partial charge on any atom is -0.394 e. The molecule has 7 nitrogen and oxygen atoms in total. The zero-order chi connectivity index (χ0) is 22.2. The van der Waals surface area contributed by atoms with Gasteiger partial charge in [0.15, 0.2) is 11.6 Å². The van der Waals surface area contributed by atoms with Crippen LogP contribution in [-0.4, -0.2) is 41.2 Å². The van der Waals surface area contributed by atoms with Crippen molar-refractivity contribution in [2.75, 3.05) is 6.61 Å². The molecule has 2 aromatic carbocycles. The number of rotatable bonds is 6. The van der Waals surface area contributed by atoms with E-state index in [9.17, 15) is 13.2 Å². The van der Waals surface area contributed by atoms with Gasteiger partial charge in [-0.25, -0.2) is 22.8 Å². The quantitative estimate of drug-likeness (QED) is 0.423. The molecule has 3 heterocycles. The van der Waals surface area contributed by atoms with Crippen molar-refractivity contribution >= 4 is 10.9 Å². The third kappa shape index (κ3) is 3.87. The fourth-order valence-corrected chi connectivity index (χ4v) is 3.58. The van der Waals surface area contributed by atoms with Crippen molar-refractivity contribution in [2.24, 2.45) is 0 Å². The second kappa shape index (κ2) is 7.97. The first-order chi connectivity index (χ1) is 15.5. The summed E-state index contributed by atoms with van der Waals surface area (Å²) in [6, 6.07) is 9.38. The lowest BCUT2D eigenvalue weighted by Gasteiger charge is -2.05. The van der Waals surface area contributed by atoms with E-state index in [2.05, 4.69) is 20.2 Å². The molecule has 3 aromatic heterocycles. The van der Waals surface area contributed by atoms with Crippen LogP contribution in [0.2, 0.25) is 0 Å². The van der Waals surface area contributed by atoms with Gasteiger partial charge in [0, 0.05) is 23.2 Å². The number of aliphatic hydroxyl groups excluding tert-OH is 1. The Morgan fingerprint density at radius 3 is 2.56 bits per heavy atom. The Balaban J connectivity index is 1.61. The Labute approximate surface area is 179 Å². The van der Waals surface area contributed by atoms with Crippen LogP contribution in [0.15, 0.2) is 54.9 Å². The molecule has 0 saturated carbocycles. The summed E-state index contributed by atoms with van der Waals surface area (Å²) in [5, 5.41) is 18.4. The van der Waals surface area contributed by atoms with Gasteiger partial charge in [-0.05, 0) is 42.0 Å². The molecule has 0 aliphatic rings. The van der Waals surface area contributed by atoms with Crippen molar-refractivity contribution in [3.05, 3.63) is 77.9 Å². The fourth-order valence-electron chi connectivity index (χ4n) is 3.58. The standard InChI is InChI=1S/C22H17F3N6O/c23-16-1-2-19-14(7-16)8-20(27-19)22-28-21(15-10-26-30(12-15)3-4-32)29-31(22)11-13-5-17(24)9-18(25)6-13/h1-2,5-10,12,27,32H,3-4,11H2. The highest BCUT2D eigenvalue weighted by Crippen LogP contribution is 2.27. The maximum Gasteiger partial charge on any atom is 0.184 e. The number of H-pyrrole nitrogens is 1. The van der Waals surface area contributed by atoms with E-state index < -0.39 is 11.6 Å². The summed E-state index contributed by atoms with van der Waals surface area (Å²) in [6.45, 7) is 0.320. The van der Waals surface area contributed by atoms with Gasteiger partial charge in [0.2, 0.25) is 0 Å². The molecule has 2 N–H and O–H groups in total. The van der Waals surface area contributed by atoms with E-state index in [1.54, 1.807) is 29.2 Å². The van der Waals surface area contributed by atoms with Crippen LogP contribution in [0.25, 0.3) is 33.8 Å². The normalized spacial score (nSPS) is 11.5. The lowest BCUT2D eigenvalue weighted by molar-refractivity contribution is 0.269. The van der Waals surface area contributed by atoms with Gasteiger partial charge in [0.1, 0.15) is 17.5 Å². The molecule has 0 saturated heterocycles. The predicted molar refractivity (Wildman–Crippen MR) is 111 cm³/mol. The molecule has 0 spiro atoms. The van der Waals surface area contributed by atoms with Crippen molar-refractivity contribution in [3.63, 3.8) is 0 Å². The van der Waals surface area contributed by atoms with Gasteiger partial charge in [-0.15, -0.1) is 5.10 Å². The topological polar surface area (TPSA) is 84.5 Å². The van der Waals surface area contributed by atoms with Crippen molar-refractivity contribution < 1.29 is 18.3 Å². The van der Waals surface area contributed by atoms with E-state index >= 15 is 0 Å². The number of benzene rings is 2. The number of fused-ring (bicyclic) bond motifs is 1. The molecular weight excluding hydrogens is 421 g/mol. The number of nitrogens with one attached hydrogen (secondary N) is 1. The van der Waals surface area contributed by atoms with Crippen LogP contribution in [0.3, 0.4) is 0 Å². The fraction of sp³-hybridized carbons (Fsp3) is 0.136. The van der Waals surface area contributed by atoms with E-state index in [4.69, 9.17) is 5.11 Å². The molecule has 0 fully saturated rings. The van der Waals surface area contributed by atoms with Crippen molar-refractivity contribution in [3.8, 4) is 22.9 Å².